The number of anilines is 1. The molecule has 19 heavy (non-hydrogen) atoms. The van der Waals surface area contributed by atoms with Crippen molar-refractivity contribution in [1.29, 1.82) is 0 Å². The Morgan fingerprint density at radius 3 is 2.79 bits per heavy atom. The number of nitrogen functional groups attached to an aromatic ring is 1. The summed E-state index contributed by atoms with van der Waals surface area (Å²) >= 11 is 5.90. The molecule has 1 aliphatic rings. The molecule has 0 aromatic heterocycles. The van der Waals surface area contributed by atoms with E-state index in [4.69, 9.17) is 17.3 Å². The van der Waals surface area contributed by atoms with E-state index in [1.807, 2.05) is 0 Å². The fourth-order valence-electron chi connectivity index (χ4n) is 2.66. The molecule has 4 heteroatoms. The summed E-state index contributed by atoms with van der Waals surface area (Å²) in [5.41, 5.74) is 6.69. The molecule has 104 valence electrons. The maximum Gasteiger partial charge on any atom is 0.251 e. The Morgan fingerprint density at radius 2 is 2.11 bits per heavy atom. The molecule has 0 spiro atoms. The van der Waals surface area contributed by atoms with Gasteiger partial charge in [0.25, 0.3) is 5.91 Å². The highest BCUT2D eigenvalue weighted by Gasteiger charge is 2.14. The second-order valence-electron chi connectivity index (χ2n) is 5.28. The van der Waals surface area contributed by atoms with Gasteiger partial charge in [0.1, 0.15) is 0 Å². The molecule has 3 N–H and O–H groups in total. The van der Waals surface area contributed by atoms with Gasteiger partial charge in [0.15, 0.2) is 0 Å². The fourth-order valence-corrected chi connectivity index (χ4v) is 2.84. The molecule has 0 atom stereocenters. The van der Waals surface area contributed by atoms with E-state index < -0.39 is 0 Å². The van der Waals surface area contributed by atoms with Crippen LogP contribution in [-0.4, -0.2) is 12.5 Å². The van der Waals surface area contributed by atoms with Crippen LogP contribution in [-0.2, 0) is 0 Å². The van der Waals surface area contributed by atoms with Crippen LogP contribution in [0.5, 0.6) is 0 Å². The van der Waals surface area contributed by atoms with Crippen molar-refractivity contribution in [3.63, 3.8) is 0 Å². The number of amides is 1. The minimum atomic E-state index is -0.0756. The summed E-state index contributed by atoms with van der Waals surface area (Å²) in [6, 6.07) is 4.98. The van der Waals surface area contributed by atoms with E-state index in [9.17, 15) is 4.79 Å². The summed E-state index contributed by atoms with van der Waals surface area (Å²) in [7, 11) is 0. The van der Waals surface area contributed by atoms with Gasteiger partial charge in [0.05, 0.1) is 10.7 Å². The highest BCUT2D eigenvalue weighted by molar-refractivity contribution is 6.33. The molecule has 3 nitrogen and oxygen atoms in total. The van der Waals surface area contributed by atoms with Crippen LogP contribution in [0.25, 0.3) is 0 Å². The number of nitrogens with two attached hydrogens (primary N) is 1. The smallest absolute Gasteiger partial charge is 0.251 e. The molecule has 1 fully saturated rings. The van der Waals surface area contributed by atoms with Gasteiger partial charge in [0.2, 0.25) is 0 Å². The van der Waals surface area contributed by atoms with Gasteiger partial charge in [-0.3, -0.25) is 4.79 Å². The van der Waals surface area contributed by atoms with Crippen LogP contribution in [0.3, 0.4) is 0 Å². The Balaban J connectivity index is 1.72. The van der Waals surface area contributed by atoms with Crippen LogP contribution >= 0.6 is 11.6 Å². The monoisotopic (exact) mass is 280 g/mol. The third-order valence-electron chi connectivity index (χ3n) is 3.81. The van der Waals surface area contributed by atoms with Gasteiger partial charge in [-0.1, -0.05) is 37.3 Å². The standard InChI is InChI=1S/C15H21ClN2O/c16-13-10-12(7-8-14(13)17)15(19)18-9-3-6-11-4-1-2-5-11/h7-8,10-11H,1-6,9,17H2,(H,18,19). The van der Waals surface area contributed by atoms with Crippen molar-refractivity contribution in [2.75, 3.05) is 12.3 Å². The first-order valence-electron chi connectivity index (χ1n) is 7.00. The van der Waals surface area contributed by atoms with Crippen molar-refractivity contribution >= 4 is 23.2 Å². The zero-order valence-corrected chi connectivity index (χ0v) is 11.9. The molecule has 1 amide bonds. The van der Waals surface area contributed by atoms with Gasteiger partial charge in [-0.15, -0.1) is 0 Å². The lowest BCUT2D eigenvalue weighted by Gasteiger charge is -2.09. The Morgan fingerprint density at radius 1 is 1.37 bits per heavy atom. The number of nitrogens with one attached hydrogen (secondary N) is 1. The van der Waals surface area contributed by atoms with Crippen LogP contribution in [0.2, 0.25) is 5.02 Å². The molecule has 1 aromatic rings. The van der Waals surface area contributed by atoms with Gasteiger partial charge >= 0.3 is 0 Å². The topological polar surface area (TPSA) is 55.1 Å². The molecule has 1 aromatic carbocycles. The second kappa shape index (κ2) is 6.80. The molecule has 0 aliphatic heterocycles. The lowest BCUT2D eigenvalue weighted by molar-refractivity contribution is 0.0952. The largest absolute Gasteiger partial charge is 0.398 e. The molecule has 1 saturated carbocycles. The molecule has 2 rings (SSSR count). The summed E-state index contributed by atoms with van der Waals surface area (Å²) in [5.74, 6) is 0.802. The number of rotatable bonds is 5. The Kier molecular flexibility index (Phi) is 5.08. The first kappa shape index (κ1) is 14.2. The average Bonchev–Trinajstić information content (AvgIpc) is 2.91. The minimum Gasteiger partial charge on any atom is -0.398 e. The SMILES string of the molecule is Nc1ccc(C(=O)NCCCC2CCCC2)cc1Cl. The molecular weight excluding hydrogens is 260 g/mol. The molecule has 1 aliphatic carbocycles. The van der Waals surface area contributed by atoms with E-state index in [2.05, 4.69) is 5.32 Å². The number of halogens is 1. The number of benzene rings is 1. The Hall–Kier alpha value is -1.22. The normalized spacial score (nSPS) is 15.6. The molecule has 0 radical (unpaired) electrons. The predicted molar refractivity (Wildman–Crippen MR) is 79.4 cm³/mol. The highest BCUT2D eigenvalue weighted by atomic mass is 35.5. The summed E-state index contributed by atoms with van der Waals surface area (Å²) in [6.07, 6.45) is 7.76. The van der Waals surface area contributed by atoms with Crippen LogP contribution in [0.4, 0.5) is 5.69 Å². The zero-order chi connectivity index (χ0) is 13.7. The van der Waals surface area contributed by atoms with Gasteiger partial charge in [-0.25, -0.2) is 0 Å². The van der Waals surface area contributed by atoms with E-state index in [1.165, 1.54) is 32.1 Å². The maximum absolute atomic E-state index is 11.9. The van der Waals surface area contributed by atoms with Crippen molar-refractivity contribution in [3.05, 3.63) is 28.8 Å². The molecule has 0 saturated heterocycles. The van der Waals surface area contributed by atoms with Crippen LogP contribution in [0.1, 0.15) is 48.9 Å². The van der Waals surface area contributed by atoms with Crippen molar-refractivity contribution < 1.29 is 4.79 Å². The molecular formula is C15H21ClN2O. The average molecular weight is 281 g/mol. The third-order valence-corrected chi connectivity index (χ3v) is 4.14. The van der Waals surface area contributed by atoms with E-state index in [0.717, 1.165) is 18.9 Å². The van der Waals surface area contributed by atoms with E-state index in [1.54, 1.807) is 18.2 Å². The summed E-state index contributed by atoms with van der Waals surface area (Å²) in [5, 5.41) is 3.36. The van der Waals surface area contributed by atoms with Crippen molar-refractivity contribution in [3.8, 4) is 0 Å². The Bertz CT molecular complexity index is 442. The van der Waals surface area contributed by atoms with Crippen LogP contribution in [0, 0.1) is 5.92 Å². The maximum atomic E-state index is 11.9. The second-order valence-corrected chi connectivity index (χ2v) is 5.69. The van der Waals surface area contributed by atoms with Gasteiger partial charge in [0, 0.05) is 12.1 Å². The predicted octanol–water partition coefficient (Wildman–Crippen LogP) is 3.62. The van der Waals surface area contributed by atoms with Crippen LogP contribution < -0.4 is 11.1 Å². The van der Waals surface area contributed by atoms with Crippen LogP contribution in [0.15, 0.2) is 18.2 Å². The van der Waals surface area contributed by atoms with E-state index in [0.29, 0.717) is 16.3 Å². The summed E-state index contributed by atoms with van der Waals surface area (Å²) < 4.78 is 0. The number of carbonyl (C=O) groups excluding carboxylic acids is 1. The quantitative estimate of drug-likeness (QED) is 0.639. The molecule has 0 bridgehead atoms. The van der Waals surface area contributed by atoms with E-state index >= 15 is 0 Å². The molecule has 0 heterocycles. The first-order valence-corrected chi connectivity index (χ1v) is 7.38. The van der Waals surface area contributed by atoms with Gasteiger partial charge < -0.3 is 11.1 Å². The lowest BCUT2D eigenvalue weighted by Crippen LogP contribution is -2.24. The number of hydrogen-bond donors (Lipinski definition) is 2. The van der Waals surface area contributed by atoms with Gasteiger partial charge in [-0.2, -0.15) is 0 Å². The lowest BCUT2D eigenvalue weighted by atomic mass is 10.0. The summed E-state index contributed by atoms with van der Waals surface area (Å²) in [6.45, 7) is 0.733. The zero-order valence-electron chi connectivity index (χ0n) is 11.1. The highest BCUT2D eigenvalue weighted by Crippen LogP contribution is 2.28. The number of carbonyl (C=O) groups is 1. The molecule has 0 unspecified atom stereocenters. The summed E-state index contributed by atoms with van der Waals surface area (Å²) in [4.78, 5) is 11.9. The Labute approximate surface area is 119 Å². The fraction of sp³-hybridized carbons (Fsp3) is 0.533. The van der Waals surface area contributed by atoms with E-state index in [-0.39, 0.29) is 5.91 Å². The van der Waals surface area contributed by atoms with Crippen molar-refractivity contribution in [2.45, 2.75) is 38.5 Å². The minimum absolute atomic E-state index is 0.0756. The number of hydrogen-bond acceptors (Lipinski definition) is 2. The van der Waals surface area contributed by atoms with Crippen molar-refractivity contribution in [2.24, 2.45) is 5.92 Å². The third kappa shape index (κ3) is 4.13. The van der Waals surface area contributed by atoms with Crippen molar-refractivity contribution in [1.82, 2.24) is 5.32 Å². The first-order chi connectivity index (χ1) is 9.16. The van der Waals surface area contributed by atoms with Gasteiger partial charge in [-0.05, 0) is 37.0 Å².